The van der Waals surface area contributed by atoms with Crippen LogP contribution in [0.15, 0.2) is 54.9 Å². The molecule has 0 saturated carbocycles. The van der Waals surface area contributed by atoms with Gasteiger partial charge in [0.25, 0.3) is 0 Å². The summed E-state index contributed by atoms with van der Waals surface area (Å²) < 4.78 is 0. The molecule has 2 aliphatic rings. The van der Waals surface area contributed by atoms with Crippen LogP contribution < -0.4 is 0 Å². The summed E-state index contributed by atoms with van der Waals surface area (Å²) in [6.07, 6.45) is 8.99. The molecular formula is C23H29N3O. The number of aryl methyl sites for hydroxylation is 1. The van der Waals surface area contributed by atoms with Crippen LogP contribution in [0.3, 0.4) is 0 Å². The summed E-state index contributed by atoms with van der Waals surface area (Å²) in [5, 5.41) is 0. The van der Waals surface area contributed by atoms with Gasteiger partial charge < -0.3 is 4.90 Å². The third kappa shape index (κ3) is 4.22. The van der Waals surface area contributed by atoms with E-state index in [4.69, 9.17) is 0 Å². The molecule has 0 N–H and O–H groups in total. The minimum absolute atomic E-state index is 0.141. The monoisotopic (exact) mass is 363 g/mol. The first kappa shape index (κ1) is 18.2. The predicted molar refractivity (Wildman–Crippen MR) is 107 cm³/mol. The topological polar surface area (TPSA) is 36.4 Å². The summed E-state index contributed by atoms with van der Waals surface area (Å²) in [4.78, 5) is 22.0. The average Bonchev–Trinajstić information content (AvgIpc) is 3.10. The molecular weight excluding hydrogens is 334 g/mol. The second-order valence-electron chi connectivity index (χ2n) is 8.08. The smallest absolute Gasteiger partial charge is 0.230 e. The molecule has 0 bridgehead atoms. The molecule has 0 aliphatic carbocycles. The molecule has 27 heavy (non-hydrogen) atoms. The van der Waals surface area contributed by atoms with E-state index in [1.54, 1.807) is 0 Å². The van der Waals surface area contributed by atoms with E-state index in [1.807, 2.05) is 12.4 Å². The number of hydrogen-bond donors (Lipinski definition) is 0. The molecule has 1 spiro atoms. The van der Waals surface area contributed by atoms with Crippen LogP contribution in [0, 0.1) is 5.41 Å². The van der Waals surface area contributed by atoms with Gasteiger partial charge in [0.15, 0.2) is 0 Å². The van der Waals surface area contributed by atoms with Crippen molar-refractivity contribution in [3.8, 4) is 0 Å². The van der Waals surface area contributed by atoms with Crippen LogP contribution in [0.4, 0.5) is 0 Å². The van der Waals surface area contributed by atoms with Crippen molar-refractivity contribution in [1.82, 2.24) is 14.8 Å². The van der Waals surface area contributed by atoms with E-state index in [1.165, 1.54) is 11.1 Å². The minimum atomic E-state index is -0.141. The van der Waals surface area contributed by atoms with Crippen LogP contribution in [-0.4, -0.2) is 46.9 Å². The lowest BCUT2D eigenvalue weighted by Gasteiger charge is -2.39. The van der Waals surface area contributed by atoms with Crippen molar-refractivity contribution in [2.75, 3.05) is 26.2 Å². The summed E-state index contributed by atoms with van der Waals surface area (Å²) in [5.41, 5.74) is 2.50. The standard InChI is InChI=1S/C23H29N3O/c27-22-23(12-17-25(19-23)18-21-9-13-24-14-10-21)11-5-16-26(22)15-4-8-20-6-2-1-3-7-20/h1-3,6-7,9-10,13-14H,4-5,8,11-12,15-19H2/t23-/m1/s1. The first-order chi connectivity index (χ1) is 13.3. The molecule has 142 valence electrons. The summed E-state index contributed by atoms with van der Waals surface area (Å²) in [5.74, 6) is 0.402. The number of benzene rings is 1. The van der Waals surface area contributed by atoms with Gasteiger partial charge in [0.05, 0.1) is 5.41 Å². The number of carbonyl (C=O) groups is 1. The number of nitrogens with zero attached hydrogens (tertiary/aromatic N) is 3. The zero-order valence-electron chi connectivity index (χ0n) is 16.0. The second kappa shape index (κ2) is 8.22. The Morgan fingerprint density at radius 3 is 2.59 bits per heavy atom. The summed E-state index contributed by atoms with van der Waals surface area (Å²) in [6.45, 7) is 4.67. The SMILES string of the molecule is O=C1N(CCCc2ccccc2)CCC[C@]12CCN(Cc1ccncc1)C2. The lowest BCUT2D eigenvalue weighted by Crippen LogP contribution is -2.50. The molecule has 1 atom stereocenters. The van der Waals surface area contributed by atoms with Crippen LogP contribution in [0.1, 0.15) is 36.8 Å². The Morgan fingerprint density at radius 2 is 1.78 bits per heavy atom. The summed E-state index contributed by atoms with van der Waals surface area (Å²) in [6, 6.07) is 14.7. The van der Waals surface area contributed by atoms with Gasteiger partial charge in [0.2, 0.25) is 5.91 Å². The molecule has 0 unspecified atom stereocenters. The van der Waals surface area contributed by atoms with Crippen molar-refractivity contribution >= 4 is 5.91 Å². The van der Waals surface area contributed by atoms with E-state index < -0.39 is 0 Å². The highest BCUT2D eigenvalue weighted by molar-refractivity contribution is 5.84. The van der Waals surface area contributed by atoms with Gasteiger partial charge >= 0.3 is 0 Å². The number of likely N-dealkylation sites (tertiary alicyclic amines) is 2. The van der Waals surface area contributed by atoms with E-state index in [9.17, 15) is 4.79 Å². The summed E-state index contributed by atoms with van der Waals surface area (Å²) >= 11 is 0. The van der Waals surface area contributed by atoms with Crippen molar-refractivity contribution in [2.45, 2.75) is 38.6 Å². The lowest BCUT2D eigenvalue weighted by atomic mass is 9.78. The maximum absolute atomic E-state index is 13.3. The van der Waals surface area contributed by atoms with Crippen LogP contribution in [0.5, 0.6) is 0 Å². The number of hydrogen-bond acceptors (Lipinski definition) is 3. The fourth-order valence-electron chi connectivity index (χ4n) is 4.70. The van der Waals surface area contributed by atoms with E-state index in [0.29, 0.717) is 5.91 Å². The van der Waals surface area contributed by atoms with Crippen LogP contribution in [0.25, 0.3) is 0 Å². The first-order valence-electron chi connectivity index (χ1n) is 10.2. The van der Waals surface area contributed by atoms with Crippen molar-refractivity contribution in [2.24, 2.45) is 5.41 Å². The molecule has 1 aromatic heterocycles. The molecule has 3 heterocycles. The quantitative estimate of drug-likeness (QED) is 0.788. The zero-order chi connectivity index (χ0) is 18.5. The van der Waals surface area contributed by atoms with E-state index in [-0.39, 0.29) is 5.41 Å². The van der Waals surface area contributed by atoms with Gasteiger partial charge in [0.1, 0.15) is 0 Å². The molecule has 2 fully saturated rings. The Balaban J connectivity index is 1.33. The van der Waals surface area contributed by atoms with Gasteiger partial charge in [-0.05, 0) is 61.9 Å². The molecule has 2 saturated heterocycles. The number of piperidine rings is 1. The van der Waals surface area contributed by atoms with Crippen molar-refractivity contribution in [3.63, 3.8) is 0 Å². The average molecular weight is 364 g/mol. The molecule has 4 rings (SSSR count). The van der Waals surface area contributed by atoms with Crippen LogP contribution >= 0.6 is 0 Å². The fourth-order valence-corrected chi connectivity index (χ4v) is 4.70. The Bertz CT molecular complexity index is 749. The Morgan fingerprint density at radius 1 is 0.963 bits per heavy atom. The molecule has 4 heteroatoms. The molecule has 4 nitrogen and oxygen atoms in total. The van der Waals surface area contributed by atoms with Gasteiger partial charge in [-0.1, -0.05) is 30.3 Å². The van der Waals surface area contributed by atoms with Crippen LogP contribution in [0.2, 0.25) is 0 Å². The number of carbonyl (C=O) groups excluding carboxylic acids is 1. The normalized spacial score (nSPS) is 23.3. The van der Waals surface area contributed by atoms with E-state index in [2.05, 4.69) is 57.2 Å². The third-order valence-electron chi connectivity index (χ3n) is 6.15. The highest BCUT2D eigenvalue weighted by atomic mass is 16.2. The molecule has 2 aliphatic heterocycles. The maximum Gasteiger partial charge on any atom is 0.230 e. The van der Waals surface area contributed by atoms with Crippen LogP contribution in [-0.2, 0) is 17.8 Å². The number of amides is 1. The fraction of sp³-hybridized carbons (Fsp3) is 0.478. The molecule has 1 amide bonds. The predicted octanol–water partition coefficient (Wildman–Crippen LogP) is 3.53. The Kier molecular flexibility index (Phi) is 5.53. The van der Waals surface area contributed by atoms with Gasteiger partial charge in [-0.2, -0.15) is 0 Å². The maximum atomic E-state index is 13.3. The lowest BCUT2D eigenvalue weighted by molar-refractivity contribution is -0.145. The van der Waals surface area contributed by atoms with Gasteiger partial charge in [-0.3, -0.25) is 14.7 Å². The third-order valence-corrected chi connectivity index (χ3v) is 6.15. The van der Waals surface area contributed by atoms with Crippen molar-refractivity contribution < 1.29 is 4.79 Å². The van der Waals surface area contributed by atoms with Crippen molar-refractivity contribution in [1.29, 1.82) is 0 Å². The van der Waals surface area contributed by atoms with E-state index >= 15 is 0 Å². The molecule has 0 radical (unpaired) electrons. The van der Waals surface area contributed by atoms with Gasteiger partial charge in [-0.15, -0.1) is 0 Å². The Hall–Kier alpha value is -2.20. The molecule has 1 aromatic carbocycles. The number of aromatic nitrogens is 1. The highest BCUT2D eigenvalue weighted by Gasteiger charge is 2.47. The van der Waals surface area contributed by atoms with Crippen molar-refractivity contribution in [3.05, 3.63) is 66.0 Å². The van der Waals surface area contributed by atoms with E-state index in [0.717, 1.165) is 64.8 Å². The Labute approximate surface area is 162 Å². The second-order valence-corrected chi connectivity index (χ2v) is 8.08. The number of rotatable bonds is 6. The first-order valence-corrected chi connectivity index (χ1v) is 10.2. The largest absolute Gasteiger partial charge is 0.342 e. The number of pyridine rings is 1. The van der Waals surface area contributed by atoms with Gasteiger partial charge in [0, 0.05) is 38.6 Å². The summed E-state index contributed by atoms with van der Waals surface area (Å²) in [7, 11) is 0. The zero-order valence-corrected chi connectivity index (χ0v) is 16.0. The highest BCUT2D eigenvalue weighted by Crippen LogP contribution is 2.40. The minimum Gasteiger partial charge on any atom is -0.342 e. The molecule has 2 aromatic rings. The van der Waals surface area contributed by atoms with Gasteiger partial charge in [-0.25, -0.2) is 0 Å².